The maximum Gasteiger partial charge on any atom is 0.411 e. The van der Waals surface area contributed by atoms with Crippen molar-refractivity contribution in [2.45, 2.75) is 25.5 Å². The summed E-state index contributed by atoms with van der Waals surface area (Å²) in [4.78, 5) is 22.8. The van der Waals surface area contributed by atoms with E-state index in [1.807, 2.05) is 30.3 Å². The number of carbonyl (C=O) groups excluding carboxylic acids is 1. The lowest BCUT2D eigenvalue weighted by atomic mass is 9.89. The molecule has 4 N–H and O–H groups in total. The van der Waals surface area contributed by atoms with E-state index in [4.69, 9.17) is 15.6 Å². The second-order valence-electron chi connectivity index (χ2n) is 5.76. The molecule has 2 aromatic rings. The van der Waals surface area contributed by atoms with E-state index >= 15 is 0 Å². The summed E-state index contributed by atoms with van der Waals surface area (Å²) in [5, 5.41) is 11.5. The van der Waals surface area contributed by atoms with E-state index in [-0.39, 0.29) is 13.0 Å². The smallest absolute Gasteiger partial charge is 0.411 e. The van der Waals surface area contributed by atoms with Gasteiger partial charge in [-0.15, -0.1) is 0 Å². The number of carboxylic acid groups (broad SMARTS) is 1. The first-order chi connectivity index (χ1) is 11.4. The SMILES string of the molecule is C[C@](N)(CC(=O)O)c1cccc(NC(=O)OCc2ccccc2)c1. The predicted octanol–water partition coefficient (Wildman–Crippen LogP) is 3.08. The van der Waals surface area contributed by atoms with Gasteiger partial charge in [-0.1, -0.05) is 42.5 Å². The van der Waals surface area contributed by atoms with Gasteiger partial charge in [-0.3, -0.25) is 10.1 Å². The minimum atomic E-state index is -1.03. The van der Waals surface area contributed by atoms with Crippen molar-refractivity contribution in [3.63, 3.8) is 0 Å². The monoisotopic (exact) mass is 328 g/mol. The highest BCUT2D eigenvalue weighted by Gasteiger charge is 2.25. The number of nitrogens with one attached hydrogen (secondary N) is 1. The third-order valence-electron chi connectivity index (χ3n) is 3.50. The molecule has 126 valence electrons. The summed E-state index contributed by atoms with van der Waals surface area (Å²) in [5.41, 5.74) is 7.01. The number of benzene rings is 2. The second-order valence-corrected chi connectivity index (χ2v) is 5.76. The summed E-state index contributed by atoms with van der Waals surface area (Å²) >= 11 is 0. The fourth-order valence-corrected chi connectivity index (χ4v) is 2.25. The molecule has 6 nitrogen and oxygen atoms in total. The molecule has 0 radical (unpaired) electrons. The van der Waals surface area contributed by atoms with Crippen LogP contribution in [0.15, 0.2) is 54.6 Å². The van der Waals surface area contributed by atoms with Crippen molar-refractivity contribution in [1.82, 2.24) is 0 Å². The molecular weight excluding hydrogens is 308 g/mol. The molecule has 0 fully saturated rings. The highest BCUT2D eigenvalue weighted by molar-refractivity contribution is 5.84. The number of aliphatic carboxylic acids is 1. The topological polar surface area (TPSA) is 102 Å². The molecular formula is C18H20N2O4. The van der Waals surface area contributed by atoms with E-state index < -0.39 is 17.6 Å². The average molecular weight is 328 g/mol. The normalized spacial score (nSPS) is 12.9. The van der Waals surface area contributed by atoms with Crippen LogP contribution in [0.5, 0.6) is 0 Å². The van der Waals surface area contributed by atoms with Crippen molar-refractivity contribution in [3.8, 4) is 0 Å². The number of hydrogen-bond acceptors (Lipinski definition) is 4. The summed E-state index contributed by atoms with van der Waals surface area (Å²) < 4.78 is 5.15. The standard InChI is InChI=1S/C18H20N2O4/c1-18(19,11-16(21)22)14-8-5-9-15(10-14)20-17(23)24-12-13-6-3-2-4-7-13/h2-10H,11-12,19H2,1H3,(H,20,23)(H,21,22)/t18-/m0/s1. The Kier molecular flexibility index (Phi) is 5.55. The van der Waals surface area contributed by atoms with Crippen molar-refractivity contribution in [3.05, 3.63) is 65.7 Å². The van der Waals surface area contributed by atoms with E-state index in [9.17, 15) is 9.59 Å². The Morgan fingerprint density at radius 3 is 2.54 bits per heavy atom. The van der Waals surface area contributed by atoms with Crippen LogP contribution in [-0.4, -0.2) is 17.2 Å². The number of nitrogens with two attached hydrogens (primary N) is 1. The Labute approximate surface area is 140 Å². The van der Waals surface area contributed by atoms with Gasteiger partial charge in [-0.2, -0.15) is 0 Å². The van der Waals surface area contributed by atoms with Crippen LogP contribution in [0.2, 0.25) is 0 Å². The molecule has 0 aliphatic carbocycles. The molecule has 2 rings (SSSR count). The summed E-state index contributed by atoms with van der Waals surface area (Å²) in [7, 11) is 0. The minimum Gasteiger partial charge on any atom is -0.481 e. The van der Waals surface area contributed by atoms with Crippen molar-refractivity contribution >= 4 is 17.7 Å². The van der Waals surface area contributed by atoms with Crippen LogP contribution in [0.1, 0.15) is 24.5 Å². The molecule has 0 heterocycles. The zero-order chi connectivity index (χ0) is 17.6. The number of anilines is 1. The molecule has 0 unspecified atom stereocenters. The number of rotatable bonds is 6. The van der Waals surface area contributed by atoms with E-state index in [0.29, 0.717) is 11.3 Å². The highest BCUT2D eigenvalue weighted by Crippen LogP contribution is 2.24. The van der Waals surface area contributed by atoms with Gasteiger partial charge >= 0.3 is 12.1 Å². The van der Waals surface area contributed by atoms with Gasteiger partial charge in [0.25, 0.3) is 0 Å². The molecule has 0 saturated carbocycles. The van der Waals surface area contributed by atoms with E-state index in [1.165, 1.54) is 0 Å². The van der Waals surface area contributed by atoms with Gasteiger partial charge in [0.15, 0.2) is 0 Å². The van der Waals surface area contributed by atoms with Crippen LogP contribution in [0.4, 0.5) is 10.5 Å². The molecule has 1 atom stereocenters. The van der Waals surface area contributed by atoms with Crippen LogP contribution < -0.4 is 11.1 Å². The Morgan fingerprint density at radius 1 is 1.17 bits per heavy atom. The van der Waals surface area contributed by atoms with Crippen molar-refractivity contribution < 1.29 is 19.4 Å². The molecule has 2 aromatic carbocycles. The predicted molar refractivity (Wildman–Crippen MR) is 90.5 cm³/mol. The fraction of sp³-hybridized carbons (Fsp3) is 0.222. The van der Waals surface area contributed by atoms with Gasteiger partial charge in [0, 0.05) is 11.2 Å². The van der Waals surface area contributed by atoms with Crippen LogP contribution in [0, 0.1) is 0 Å². The largest absolute Gasteiger partial charge is 0.481 e. The van der Waals surface area contributed by atoms with Gasteiger partial charge in [-0.05, 0) is 30.2 Å². The zero-order valence-corrected chi connectivity index (χ0v) is 13.4. The maximum atomic E-state index is 11.9. The molecule has 6 heteroatoms. The Hall–Kier alpha value is -2.86. The average Bonchev–Trinajstić information content (AvgIpc) is 2.53. The van der Waals surface area contributed by atoms with Gasteiger partial charge in [0.1, 0.15) is 6.61 Å². The van der Waals surface area contributed by atoms with E-state index in [0.717, 1.165) is 5.56 Å². The lowest BCUT2D eigenvalue weighted by Gasteiger charge is -2.23. The van der Waals surface area contributed by atoms with E-state index in [2.05, 4.69) is 5.32 Å². The first kappa shape index (κ1) is 17.5. The molecule has 0 spiro atoms. The Morgan fingerprint density at radius 2 is 1.88 bits per heavy atom. The second kappa shape index (κ2) is 7.61. The fourth-order valence-electron chi connectivity index (χ4n) is 2.25. The highest BCUT2D eigenvalue weighted by atomic mass is 16.5. The molecule has 0 aromatic heterocycles. The molecule has 0 bridgehead atoms. The summed E-state index contributed by atoms with van der Waals surface area (Å²) in [5.74, 6) is -0.986. The summed E-state index contributed by atoms with van der Waals surface area (Å²) in [6.07, 6.45) is -0.803. The quantitative estimate of drug-likeness (QED) is 0.756. The van der Waals surface area contributed by atoms with Crippen LogP contribution in [0.3, 0.4) is 0 Å². The van der Waals surface area contributed by atoms with Crippen LogP contribution >= 0.6 is 0 Å². The van der Waals surface area contributed by atoms with Gasteiger partial charge in [0.05, 0.1) is 6.42 Å². The van der Waals surface area contributed by atoms with Crippen LogP contribution in [0.25, 0.3) is 0 Å². The number of amides is 1. The summed E-state index contributed by atoms with van der Waals surface area (Å²) in [6.45, 7) is 1.80. The lowest BCUT2D eigenvalue weighted by Crippen LogP contribution is -2.35. The first-order valence-corrected chi connectivity index (χ1v) is 7.46. The molecule has 0 aliphatic rings. The molecule has 0 aliphatic heterocycles. The number of ether oxygens (including phenoxy) is 1. The van der Waals surface area contributed by atoms with Crippen molar-refractivity contribution in [2.24, 2.45) is 5.73 Å². The number of carboxylic acids is 1. The van der Waals surface area contributed by atoms with Crippen molar-refractivity contribution in [2.75, 3.05) is 5.32 Å². The first-order valence-electron chi connectivity index (χ1n) is 7.46. The van der Waals surface area contributed by atoms with E-state index in [1.54, 1.807) is 31.2 Å². The van der Waals surface area contributed by atoms with Crippen molar-refractivity contribution in [1.29, 1.82) is 0 Å². The Balaban J connectivity index is 1.98. The van der Waals surface area contributed by atoms with Crippen LogP contribution in [-0.2, 0) is 21.7 Å². The number of carbonyl (C=O) groups is 2. The van der Waals surface area contributed by atoms with Gasteiger partial charge in [-0.25, -0.2) is 4.79 Å². The lowest BCUT2D eigenvalue weighted by molar-refractivity contribution is -0.138. The third-order valence-corrected chi connectivity index (χ3v) is 3.50. The number of hydrogen-bond donors (Lipinski definition) is 3. The molecule has 1 amide bonds. The van der Waals surface area contributed by atoms with Gasteiger partial charge in [0.2, 0.25) is 0 Å². The zero-order valence-electron chi connectivity index (χ0n) is 13.4. The molecule has 0 saturated heterocycles. The molecule has 24 heavy (non-hydrogen) atoms. The third kappa shape index (κ3) is 5.10. The van der Waals surface area contributed by atoms with Gasteiger partial charge < -0.3 is 15.6 Å². The summed E-state index contributed by atoms with van der Waals surface area (Å²) in [6, 6.07) is 16.1. The maximum absolute atomic E-state index is 11.9. The Bertz CT molecular complexity index is 714. The minimum absolute atomic E-state index is 0.167.